The molecule has 0 saturated carbocycles. The van der Waals surface area contributed by atoms with Crippen molar-refractivity contribution in [2.45, 2.75) is 32.0 Å². The van der Waals surface area contributed by atoms with E-state index in [-0.39, 0.29) is 6.42 Å². The highest BCUT2D eigenvalue weighted by atomic mass is 35.5. The highest BCUT2D eigenvalue weighted by Crippen LogP contribution is 2.31. The van der Waals surface area contributed by atoms with Crippen LogP contribution in [-0.2, 0) is 0 Å². The Bertz CT molecular complexity index is 579. The van der Waals surface area contributed by atoms with Gasteiger partial charge in [0.25, 0.3) is 0 Å². The molecule has 2 nitrogen and oxygen atoms in total. The van der Waals surface area contributed by atoms with E-state index in [1.54, 1.807) is 24.3 Å². The number of nitrogens with one attached hydrogen (secondary N) is 1. The van der Waals surface area contributed by atoms with Crippen LogP contribution in [0.15, 0.2) is 28.7 Å². The Kier molecular flexibility index (Phi) is 4.60. The van der Waals surface area contributed by atoms with Crippen LogP contribution in [0.2, 0.25) is 5.02 Å². The molecule has 0 spiro atoms. The zero-order valence-corrected chi connectivity index (χ0v) is 11.7. The number of benzene rings is 1. The highest BCUT2D eigenvalue weighted by Gasteiger charge is 2.29. The van der Waals surface area contributed by atoms with Gasteiger partial charge in [0, 0.05) is 16.8 Å². The molecule has 20 heavy (non-hydrogen) atoms. The van der Waals surface area contributed by atoms with Gasteiger partial charge in [-0.1, -0.05) is 18.5 Å². The van der Waals surface area contributed by atoms with Crippen LogP contribution in [0.1, 0.15) is 31.6 Å². The second-order valence-corrected chi connectivity index (χ2v) is 5.03. The van der Waals surface area contributed by atoms with Crippen LogP contribution in [0.25, 0.3) is 11.0 Å². The molecule has 110 valence electrons. The summed E-state index contributed by atoms with van der Waals surface area (Å²) in [6.45, 7) is 2.42. The second kappa shape index (κ2) is 6.06. The van der Waals surface area contributed by atoms with E-state index in [4.69, 9.17) is 16.0 Å². The van der Waals surface area contributed by atoms with Crippen LogP contribution in [0.3, 0.4) is 0 Å². The van der Waals surface area contributed by atoms with E-state index in [1.807, 2.05) is 6.92 Å². The number of hydrogen-bond donors (Lipinski definition) is 1. The molecule has 1 heterocycles. The average molecular weight is 306 g/mol. The third-order valence-corrected chi connectivity index (χ3v) is 3.24. The minimum Gasteiger partial charge on any atom is -0.459 e. The predicted octanol–water partition coefficient (Wildman–Crippen LogP) is 5.08. The molecule has 0 saturated heterocycles. The summed E-state index contributed by atoms with van der Waals surface area (Å²) in [4.78, 5) is 0. The molecule has 6 heteroatoms. The van der Waals surface area contributed by atoms with Crippen LogP contribution in [0.5, 0.6) is 0 Å². The number of rotatable bonds is 5. The first-order chi connectivity index (χ1) is 9.39. The Labute approximate surface area is 119 Å². The van der Waals surface area contributed by atoms with Crippen molar-refractivity contribution in [1.29, 1.82) is 0 Å². The predicted molar refractivity (Wildman–Crippen MR) is 72.9 cm³/mol. The molecule has 0 aliphatic rings. The topological polar surface area (TPSA) is 25.2 Å². The fourth-order valence-electron chi connectivity index (χ4n) is 2.11. The lowest BCUT2D eigenvalue weighted by Gasteiger charge is -2.16. The van der Waals surface area contributed by atoms with E-state index in [2.05, 4.69) is 5.32 Å². The fourth-order valence-corrected chi connectivity index (χ4v) is 2.29. The lowest BCUT2D eigenvalue weighted by atomic mass is 10.1. The van der Waals surface area contributed by atoms with Crippen LogP contribution in [-0.4, -0.2) is 12.7 Å². The molecule has 1 aromatic carbocycles. The molecule has 0 aliphatic carbocycles. The largest absolute Gasteiger partial charge is 0.459 e. The van der Waals surface area contributed by atoms with Gasteiger partial charge < -0.3 is 9.73 Å². The standard InChI is InChI=1S/C14H15ClF3NO/c1-2-19-11(5-6-14(16,17)18)13-8-9-7-10(15)3-4-12(9)20-13/h3-4,7-8,11,19H,2,5-6H2,1H3. The molecule has 0 amide bonds. The van der Waals surface area contributed by atoms with Gasteiger partial charge in [0.2, 0.25) is 0 Å². The van der Waals surface area contributed by atoms with E-state index in [1.165, 1.54) is 0 Å². The highest BCUT2D eigenvalue weighted by molar-refractivity contribution is 6.31. The third kappa shape index (κ3) is 3.90. The molecule has 2 rings (SSSR count). The average Bonchev–Trinajstić information content (AvgIpc) is 2.75. The smallest absolute Gasteiger partial charge is 0.389 e. The van der Waals surface area contributed by atoms with Crippen molar-refractivity contribution in [1.82, 2.24) is 5.32 Å². The first-order valence-electron chi connectivity index (χ1n) is 6.38. The van der Waals surface area contributed by atoms with E-state index in [0.717, 1.165) is 5.39 Å². The van der Waals surface area contributed by atoms with E-state index < -0.39 is 18.6 Å². The Balaban J connectivity index is 2.22. The van der Waals surface area contributed by atoms with Crippen molar-refractivity contribution < 1.29 is 17.6 Å². The second-order valence-electron chi connectivity index (χ2n) is 4.60. The first kappa shape index (κ1) is 15.2. The Morgan fingerprint density at radius 3 is 2.70 bits per heavy atom. The van der Waals surface area contributed by atoms with Crippen LogP contribution in [0, 0.1) is 0 Å². The summed E-state index contributed by atoms with van der Waals surface area (Å²) >= 11 is 5.88. The number of furan rings is 1. The summed E-state index contributed by atoms with van der Waals surface area (Å²) < 4.78 is 42.7. The molecule has 0 radical (unpaired) electrons. The third-order valence-electron chi connectivity index (χ3n) is 3.01. The molecule has 0 aliphatic heterocycles. The van der Waals surface area contributed by atoms with Crippen LogP contribution >= 0.6 is 11.6 Å². The Morgan fingerprint density at radius 2 is 2.05 bits per heavy atom. The molecule has 1 N–H and O–H groups in total. The number of alkyl halides is 3. The van der Waals surface area contributed by atoms with Gasteiger partial charge in [0.1, 0.15) is 11.3 Å². The summed E-state index contributed by atoms with van der Waals surface area (Å²) in [6, 6.07) is 6.43. The zero-order valence-electron chi connectivity index (χ0n) is 10.9. The van der Waals surface area contributed by atoms with Crippen molar-refractivity contribution in [2.75, 3.05) is 6.54 Å². The summed E-state index contributed by atoms with van der Waals surface area (Å²) in [6.07, 6.45) is -5.06. The van der Waals surface area contributed by atoms with Gasteiger partial charge in [-0.05, 0) is 37.2 Å². The van der Waals surface area contributed by atoms with Gasteiger partial charge in [-0.2, -0.15) is 13.2 Å². The van der Waals surface area contributed by atoms with E-state index >= 15 is 0 Å². The van der Waals surface area contributed by atoms with Crippen LogP contribution in [0.4, 0.5) is 13.2 Å². The van der Waals surface area contributed by atoms with Crippen molar-refractivity contribution in [3.8, 4) is 0 Å². The molecule has 0 bridgehead atoms. The van der Waals surface area contributed by atoms with Crippen molar-refractivity contribution in [3.05, 3.63) is 35.0 Å². The molecular formula is C14H15ClF3NO. The normalized spacial score (nSPS) is 13.8. The molecule has 0 fully saturated rings. The maximum atomic E-state index is 12.4. The van der Waals surface area contributed by atoms with Gasteiger partial charge in [0.15, 0.2) is 0 Å². The quantitative estimate of drug-likeness (QED) is 0.833. The van der Waals surface area contributed by atoms with Gasteiger partial charge in [-0.25, -0.2) is 0 Å². The van der Waals surface area contributed by atoms with Gasteiger partial charge in [-0.15, -0.1) is 0 Å². The molecule has 1 atom stereocenters. The van der Waals surface area contributed by atoms with Gasteiger partial charge in [0.05, 0.1) is 6.04 Å². The first-order valence-corrected chi connectivity index (χ1v) is 6.76. The van der Waals surface area contributed by atoms with Gasteiger partial charge >= 0.3 is 6.18 Å². The number of hydrogen-bond acceptors (Lipinski definition) is 2. The molecular weight excluding hydrogens is 291 g/mol. The molecule has 1 aromatic heterocycles. The van der Waals surface area contributed by atoms with Crippen molar-refractivity contribution in [3.63, 3.8) is 0 Å². The lowest BCUT2D eigenvalue weighted by molar-refractivity contribution is -0.136. The SMILES string of the molecule is CCNC(CCC(F)(F)F)c1cc2cc(Cl)ccc2o1. The number of halogens is 4. The summed E-state index contributed by atoms with van der Waals surface area (Å²) in [5.74, 6) is 0.508. The monoisotopic (exact) mass is 305 g/mol. The van der Waals surface area contributed by atoms with Crippen molar-refractivity contribution >= 4 is 22.6 Å². The Hall–Kier alpha value is -1.20. The minimum atomic E-state index is -4.16. The molecule has 1 unspecified atom stereocenters. The zero-order chi connectivity index (χ0) is 14.8. The minimum absolute atomic E-state index is 0.0507. The van der Waals surface area contributed by atoms with E-state index in [0.29, 0.717) is 22.9 Å². The van der Waals surface area contributed by atoms with Crippen LogP contribution < -0.4 is 5.32 Å². The van der Waals surface area contributed by atoms with Crippen molar-refractivity contribution in [2.24, 2.45) is 0 Å². The summed E-state index contributed by atoms with van der Waals surface area (Å²) in [7, 11) is 0. The lowest BCUT2D eigenvalue weighted by Crippen LogP contribution is -2.22. The van der Waals surface area contributed by atoms with Gasteiger partial charge in [-0.3, -0.25) is 0 Å². The molecule has 2 aromatic rings. The maximum absolute atomic E-state index is 12.4. The summed E-state index contributed by atoms with van der Waals surface area (Å²) in [5.41, 5.74) is 0.624. The van der Waals surface area contributed by atoms with E-state index in [9.17, 15) is 13.2 Å². The maximum Gasteiger partial charge on any atom is 0.389 e. The fraction of sp³-hybridized carbons (Fsp3) is 0.429. The summed E-state index contributed by atoms with van der Waals surface area (Å²) in [5, 5.41) is 4.38. The Morgan fingerprint density at radius 1 is 1.30 bits per heavy atom. The number of fused-ring (bicyclic) bond motifs is 1.